The van der Waals surface area contributed by atoms with E-state index in [1.807, 2.05) is 6.92 Å². The van der Waals surface area contributed by atoms with Crippen molar-refractivity contribution in [2.75, 3.05) is 32.9 Å². The summed E-state index contributed by atoms with van der Waals surface area (Å²) in [4.78, 5) is 22.1. The van der Waals surface area contributed by atoms with Crippen LogP contribution in [-0.2, 0) is 20.4 Å². The first kappa shape index (κ1) is 23.0. The number of ether oxygens (including phenoxy) is 2. The molecule has 3 N–H and O–H groups in total. The number of alkyl halides is 3. The lowest BCUT2D eigenvalue weighted by atomic mass is 9.88. The van der Waals surface area contributed by atoms with E-state index >= 15 is 0 Å². The molecule has 2 aromatic rings. The third-order valence-corrected chi connectivity index (χ3v) is 6.45. The second-order valence-electron chi connectivity index (χ2n) is 8.57. The SMILES string of the molecule is CCCO[C@H]1CN(C2CCOCC2)C[C@H]1C(C(N)=O)c1nc2c(C(F)(F)F)cccc2[nH]1. The number of nitrogens with two attached hydrogens (primary N) is 1. The average molecular weight is 454 g/mol. The fourth-order valence-corrected chi connectivity index (χ4v) is 4.92. The molecule has 1 amide bonds. The van der Waals surface area contributed by atoms with Gasteiger partial charge in [-0.1, -0.05) is 13.0 Å². The minimum atomic E-state index is -4.55. The molecule has 2 fully saturated rings. The van der Waals surface area contributed by atoms with Crippen molar-refractivity contribution in [3.05, 3.63) is 29.6 Å². The number of aromatic nitrogens is 2. The number of hydrogen-bond donors (Lipinski definition) is 2. The predicted octanol–water partition coefficient (Wildman–Crippen LogP) is 3.06. The summed E-state index contributed by atoms with van der Waals surface area (Å²) in [6.07, 6.45) is -2.19. The fraction of sp³-hybridized carbons (Fsp3) is 0.636. The van der Waals surface area contributed by atoms with Crippen LogP contribution in [0.3, 0.4) is 0 Å². The Morgan fingerprint density at radius 3 is 2.75 bits per heavy atom. The van der Waals surface area contributed by atoms with Crippen LogP contribution in [0.4, 0.5) is 13.2 Å². The van der Waals surface area contributed by atoms with Gasteiger partial charge < -0.3 is 20.2 Å². The van der Waals surface area contributed by atoms with E-state index in [4.69, 9.17) is 15.2 Å². The number of nitrogens with one attached hydrogen (secondary N) is 1. The number of aromatic amines is 1. The second kappa shape index (κ2) is 9.36. The van der Waals surface area contributed by atoms with Crippen LogP contribution in [0.25, 0.3) is 11.0 Å². The first-order valence-electron chi connectivity index (χ1n) is 11.1. The second-order valence-corrected chi connectivity index (χ2v) is 8.57. The van der Waals surface area contributed by atoms with Crippen LogP contribution in [0.1, 0.15) is 43.5 Å². The standard InChI is InChI=1S/C22H29F3N4O3/c1-2-8-32-17-12-29(13-6-9-31-10-7-13)11-14(17)18(20(26)30)21-27-16-5-3-4-15(19(16)28-21)22(23,24)25/h3-5,13-14,17-18H,2,6-12H2,1H3,(H2,26,30)(H,27,28)/t14-,17+,18?/m1/s1. The zero-order valence-electron chi connectivity index (χ0n) is 18.0. The molecule has 2 aliphatic rings. The molecule has 1 unspecified atom stereocenters. The molecule has 3 heterocycles. The topological polar surface area (TPSA) is 93.5 Å². The molecule has 0 spiro atoms. The van der Waals surface area contributed by atoms with Crippen LogP contribution in [0.5, 0.6) is 0 Å². The Balaban J connectivity index is 1.67. The number of primary amides is 1. The van der Waals surface area contributed by atoms with Crippen molar-refractivity contribution in [1.82, 2.24) is 14.9 Å². The highest BCUT2D eigenvalue weighted by Crippen LogP contribution is 2.38. The third kappa shape index (κ3) is 4.62. The Labute approximate surface area is 184 Å². The van der Waals surface area contributed by atoms with Crippen LogP contribution in [0.15, 0.2) is 18.2 Å². The summed E-state index contributed by atoms with van der Waals surface area (Å²) in [6, 6.07) is 4.15. The number of likely N-dealkylation sites (tertiary alicyclic amines) is 1. The summed E-state index contributed by atoms with van der Waals surface area (Å²) in [6.45, 7) is 5.13. The Morgan fingerprint density at radius 1 is 1.34 bits per heavy atom. The molecule has 2 saturated heterocycles. The van der Waals surface area contributed by atoms with Gasteiger partial charge in [0.15, 0.2) is 0 Å². The number of nitrogens with zero attached hydrogens (tertiary/aromatic N) is 2. The van der Waals surface area contributed by atoms with Crippen LogP contribution in [-0.4, -0.2) is 65.8 Å². The predicted molar refractivity (Wildman–Crippen MR) is 112 cm³/mol. The van der Waals surface area contributed by atoms with Crippen LogP contribution in [0.2, 0.25) is 0 Å². The van der Waals surface area contributed by atoms with E-state index < -0.39 is 23.6 Å². The number of H-pyrrole nitrogens is 1. The van der Waals surface area contributed by atoms with Crippen molar-refractivity contribution >= 4 is 16.9 Å². The number of benzene rings is 1. The van der Waals surface area contributed by atoms with E-state index in [0.717, 1.165) is 25.3 Å². The van der Waals surface area contributed by atoms with Crippen molar-refractivity contribution in [2.45, 2.75) is 50.4 Å². The van der Waals surface area contributed by atoms with Crippen molar-refractivity contribution in [2.24, 2.45) is 11.7 Å². The van der Waals surface area contributed by atoms with Crippen LogP contribution >= 0.6 is 0 Å². The van der Waals surface area contributed by atoms with Crippen LogP contribution < -0.4 is 5.73 Å². The third-order valence-electron chi connectivity index (χ3n) is 6.45. The highest BCUT2D eigenvalue weighted by atomic mass is 19.4. The molecule has 1 aromatic heterocycles. The maximum absolute atomic E-state index is 13.5. The lowest BCUT2D eigenvalue weighted by molar-refractivity contribution is -0.136. The average Bonchev–Trinajstić information content (AvgIpc) is 3.36. The molecule has 4 rings (SSSR count). The molecule has 10 heteroatoms. The molecule has 32 heavy (non-hydrogen) atoms. The van der Waals surface area contributed by atoms with Crippen molar-refractivity contribution in [3.63, 3.8) is 0 Å². The number of amides is 1. The normalized spacial score (nSPS) is 24.2. The van der Waals surface area contributed by atoms with Crippen molar-refractivity contribution in [3.8, 4) is 0 Å². The molecule has 176 valence electrons. The maximum Gasteiger partial charge on any atom is 0.418 e. The lowest BCUT2D eigenvalue weighted by Gasteiger charge is -2.31. The molecule has 0 aliphatic carbocycles. The van der Waals surface area contributed by atoms with Gasteiger partial charge in [-0.05, 0) is 31.4 Å². The summed E-state index contributed by atoms with van der Waals surface area (Å²) in [5.41, 5.74) is 4.98. The lowest BCUT2D eigenvalue weighted by Crippen LogP contribution is -2.39. The number of imidazole rings is 1. The molecule has 0 bridgehead atoms. The highest BCUT2D eigenvalue weighted by Gasteiger charge is 2.45. The van der Waals surface area contributed by atoms with Crippen molar-refractivity contribution < 1.29 is 27.4 Å². The number of para-hydroxylation sites is 1. The largest absolute Gasteiger partial charge is 0.418 e. The summed E-state index contributed by atoms with van der Waals surface area (Å²) in [5.74, 6) is -1.65. The summed E-state index contributed by atoms with van der Waals surface area (Å²) >= 11 is 0. The first-order valence-corrected chi connectivity index (χ1v) is 11.1. The van der Waals surface area contributed by atoms with Gasteiger partial charge >= 0.3 is 6.18 Å². The number of halogens is 3. The minimum Gasteiger partial charge on any atom is -0.381 e. The summed E-state index contributed by atoms with van der Waals surface area (Å²) in [7, 11) is 0. The number of hydrogen-bond acceptors (Lipinski definition) is 5. The van der Waals surface area contributed by atoms with Gasteiger partial charge in [-0.3, -0.25) is 9.69 Å². The summed E-state index contributed by atoms with van der Waals surface area (Å²) in [5, 5.41) is 0. The van der Waals surface area contributed by atoms with E-state index in [2.05, 4.69) is 14.9 Å². The van der Waals surface area contributed by atoms with Gasteiger partial charge in [-0.2, -0.15) is 13.2 Å². The number of carbonyl (C=O) groups is 1. The number of rotatable bonds is 7. The quantitative estimate of drug-likeness (QED) is 0.671. The van der Waals surface area contributed by atoms with Gasteiger partial charge in [0.05, 0.1) is 17.2 Å². The van der Waals surface area contributed by atoms with Gasteiger partial charge in [0.25, 0.3) is 0 Å². The van der Waals surface area contributed by atoms with E-state index in [9.17, 15) is 18.0 Å². The Morgan fingerprint density at radius 2 is 2.09 bits per heavy atom. The number of carbonyl (C=O) groups excluding carboxylic acids is 1. The molecule has 0 radical (unpaired) electrons. The number of fused-ring (bicyclic) bond motifs is 1. The smallest absolute Gasteiger partial charge is 0.381 e. The molecular formula is C22H29F3N4O3. The van der Waals surface area contributed by atoms with E-state index in [0.29, 0.717) is 39.0 Å². The zero-order chi connectivity index (χ0) is 22.9. The monoisotopic (exact) mass is 454 g/mol. The fourth-order valence-electron chi connectivity index (χ4n) is 4.92. The van der Waals surface area contributed by atoms with Gasteiger partial charge in [0.2, 0.25) is 5.91 Å². The Hall–Kier alpha value is -2.17. The molecular weight excluding hydrogens is 425 g/mol. The van der Waals surface area contributed by atoms with Gasteiger partial charge in [-0.15, -0.1) is 0 Å². The maximum atomic E-state index is 13.5. The Bertz CT molecular complexity index is 942. The molecule has 1 aromatic carbocycles. The molecule has 2 aliphatic heterocycles. The summed E-state index contributed by atoms with van der Waals surface area (Å²) < 4.78 is 51.9. The Kier molecular flexibility index (Phi) is 6.73. The molecule has 3 atom stereocenters. The van der Waals surface area contributed by atoms with Gasteiger partial charge in [0, 0.05) is 44.9 Å². The van der Waals surface area contributed by atoms with E-state index in [1.165, 1.54) is 12.1 Å². The first-order chi connectivity index (χ1) is 15.3. The molecule has 7 nitrogen and oxygen atoms in total. The van der Waals surface area contributed by atoms with E-state index in [1.54, 1.807) is 0 Å². The van der Waals surface area contributed by atoms with Crippen molar-refractivity contribution in [1.29, 1.82) is 0 Å². The van der Waals surface area contributed by atoms with Gasteiger partial charge in [-0.25, -0.2) is 4.98 Å². The highest BCUT2D eigenvalue weighted by molar-refractivity contribution is 5.85. The van der Waals surface area contributed by atoms with Gasteiger partial charge in [0.1, 0.15) is 17.3 Å². The van der Waals surface area contributed by atoms with E-state index in [-0.39, 0.29) is 28.9 Å². The van der Waals surface area contributed by atoms with Crippen LogP contribution in [0, 0.1) is 5.92 Å². The molecule has 0 saturated carbocycles. The minimum absolute atomic E-state index is 0.160. The zero-order valence-corrected chi connectivity index (χ0v) is 18.0.